The van der Waals surface area contributed by atoms with E-state index in [0.29, 0.717) is 12.2 Å². The van der Waals surface area contributed by atoms with Gasteiger partial charge in [0, 0.05) is 11.6 Å². The monoisotopic (exact) mass is 234 g/mol. The zero-order valence-corrected chi connectivity index (χ0v) is 10.2. The number of benzene rings is 1. The highest BCUT2D eigenvalue weighted by Gasteiger charge is 2.18. The molecule has 1 aromatic carbocycles. The number of amides is 1. The third-order valence-electron chi connectivity index (χ3n) is 2.71. The molecule has 1 saturated heterocycles. The molecule has 92 valence electrons. The van der Waals surface area contributed by atoms with Crippen LogP contribution in [0.4, 0.5) is 0 Å². The zero-order valence-electron chi connectivity index (χ0n) is 10.2. The molecule has 2 N–H and O–H groups in total. The van der Waals surface area contributed by atoms with Gasteiger partial charge in [0.05, 0.1) is 12.6 Å². The minimum Gasteiger partial charge on any atom is -0.350 e. The minimum atomic E-state index is -0.0271. The quantitative estimate of drug-likeness (QED) is 0.838. The second-order valence-electron chi connectivity index (χ2n) is 4.56. The second-order valence-corrected chi connectivity index (χ2v) is 4.56. The normalized spacial score (nSPS) is 19.6. The van der Waals surface area contributed by atoms with Crippen molar-refractivity contribution in [1.29, 1.82) is 0 Å². The molecule has 0 bridgehead atoms. The predicted octanol–water partition coefficient (Wildman–Crippen LogP) is 1.79. The number of rotatable bonds is 3. The molecule has 1 atom stereocenters. The van der Waals surface area contributed by atoms with Crippen LogP contribution in [-0.2, 0) is 4.84 Å². The van der Waals surface area contributed by atoms with Crippen LogP contribution < -0.4 is 10.8 Å². The van der Waals surface area contributed by atoms with Crippen LogP contribution in [0.1, 0.15) is 42.2 Å². The maximum atomic E-state index is 11.9. The van der Waals surface area contributed by atoms with E-state index in [1.54, 1.807) is 0 Å². The van der Waals surface area contributed by atoms with Crippen LogP contribution in [0, 0.1) is 0 Å². The van der Waals surface area contributed by atoms with Crippen molar-refractivity contribution in [3.63, 3.8) is 0 Å². The molecule has 1 fully saturated rings. The Morgan fingerprint density at radius 1 is 1.53 bits per heavy atom. The van der Waals surface area contributed by atoms with E-state index in [9.17, 15) is 4.79 Å². The Morgan fingerprint density at radius 2 is 2.35 bits per heavy atom. The number of carbonyl (C=O) groups is 1. The van der Waals surface area contributed by atoms with Gasteiger partial charge in [0.2, 0.25) is 0 Å². The second kappa shape index (κ2) is 5.29. The van der Waals surface area contributed by atoms with Crippen LogP contribution in [0.15, 0.2) is 24.3 Å². The van der Waals surface area contributed by atoms with Gasteiger partial charge in [0.25, 0.3) is 5.91 Å². The highest BCUT2D eigenvalue weighted by molar-refractivity contribution is 5.94. The first-order valence-electron chi connectivity index (χ1n) is 5.95. The number of hydroxylamine groups is 1. The molecule has 2 rings (SSSR count). The van der Waals surface area contributed by atoms with Crippen molar-refractivity contribution < 1.29 is 9.63 Å². The Morgan fingerprint density at radius 3 is 3.00 bits per heavy atom. The van der Waals surface area contributed by atoms with E-state index in [1.165, 1.54) is 0 Å². The van der Waals surface area contributed by atoms with Crippen molar-refractivity contribution in [2.45, 2.75) is 32.4 Å². The average Bonchev–Trinajstić information content (AvgIpc) is 2.82. The predicted molar refractivity (Wildman–Crippen MR) is 65.5 cm³/mol. The van der Waals surface area contributed by atoms with Crippen molar-refractivity contribution in [2.75, 3.05) is 6.61 Å². The van der Waals surface area contributed by atoms with Gasteiger partial charge in [-0.15, -0.1) is 0 Å². The molecule has 4 nitrogen and oxygen atoms in total. The summed E-state index contributed by atoms with van der Waals surface area (Å²) in [5.41, 5.74) is 4.74. The minimum absolute atomic E-state index is 0.0271. The molecule has 0 saturated carbocycles. The Balaban J connectivity index is 2.13. The van der Waals surface area contributed by atoms with Gasteiger partial charge >= 0.3 is 0 Å². The lowest BCUT2D eigenvalue weighted by Crippen LogP contribution is -2.30. The van der Waals surface area contributed by atoms with Crippen molar-refractivity contribution in [2.24, 2.45) is 0 Å². The van der Waals surface area contributed by atoms with E-state index in [1.807, 2.05) is 38.1 Å². The average molecular weight is 234 g/mol. The van der Waals surface area contributed by atoms with E-state index in [2.05, 4.69) is 10.8 Å². The summed E-state index contributed by atoms with van der Waals surface area (Å²) in [5.74, 6) is -0.0271. The summed E-state index contributed by atoms with van der Waals surface area (Å²) in [6, 6.07) is 8.02. The van der Waals surface area contributed by atoms with Crippen LogP contribution in [-0.4, -0.2) is 18.6 Å². The smallest absolute Gasteiger partial charge is 0.251 e. The van der Waals surface area contributed by atoms with E-state index < -0.39 is 0 Å². The van der Waals surface area contributed by atoms with Gasteiger partial charge in [-0.3, -0.25) is 4.79 Å². The van der Waals surface area contributed by atoms with Crippen molar-refractivity contribution in [3.05, 3.63) is 35.4 Å². The lowest BCUT2D eigenvalue weighted by Gasteiger charge is -2.12. The molecule has 0 radical (unpaired) electrons. The van der Waals surface area contributed by atoms with Crippen molar-refractivity contribution in [3.8, 4) is 0 Å². The van der Waals surface area contributed by atoms with Crippen LogP contribution in [0.5, 0.6) is 0 Å². The summed E-state index contributed by atoms with van der Waals surface area (Å²) in [7, 11) is 0. The summed E-state index contributed by atoms with van der Waals surface area (Å²) in [4.78, 5) is 17.0. The van der Waals surface area contributed by atoms with E-state index >= 15 is 0 Å². The van der Waals surface area contributed by atoms with Gasteiger partial charge in [0.1, 0.15) is 0 Å². The molecule has 0 spiro atoms. The number of nitrogens with one attached hydrogen (secondary N) is 2. The molecule has 0 aromatic heterocycles. The fourth-order valence-corrected chi connectivity index (χ4v) is 1.87. The van der Waals surface area contributed by atoms with Crippen LogP contribution in [0.2, 0.25) is 0 Å². The van der Waals surface area contributed by atoms with Crippen molar-refractivity contribution in [1.82, 2.24) is 10.8 Å². The molecule has 4 heteroatoms. The van der Waals surface area contributed by atoms with Gasteiger partial charge < -0.3 is 10.2 Å². The summed E-state index contributed by atoms with van der Waals surface area (Å²) in [6.07, 6.45) is 0.940. The molecular formula is C13H18N2O2. The van der Waals surface area contributed by atoms with Gasteiger partial charge in [-0.25, -0.2) is 0 Å². The molecule has 1 aromatic rings. The van der Waals surface area contributed by atoms with Gasteiger partial charge in [0.15, 0.2) is 0 Å². The van der Waals surface area contributed by atoms with Crippen molar-refractivity contribution >= 4 is 5.91 Å². The fourth-order valence-electron chi connectivity index (χ4n) is 1.87. The van der Waals surface area contributed by atoms with Crippen LogP contribution in [0.25, 0.3) is 0 Å². The molecule has 1 amide bonds. The van der Waals surface area contributed by atoms with Gasteiger partial charge in [-0.1, -0.05) is 12.1 Å². The summed E-state index contributed by atoms with van der Waals surface area (Å²) in [6.45, 7) is 4.62. The first kappa shape index (κ1) is 12.1. The first-order valence-corrected chi connectivity index (χ1v) is 5.95. The maximum Gasteiger partial charge on any atom is 0.251 e. The van der Waals surface area contributed by atoms with E-state index in [0.717, 1.165) is 12.0 Å². The number of carbonyl (C=O) groups excluding carboxylic acids is 1. The summed E-state index contributed by atoms with van der Waals surface area (Å²) >= 11 is 0. The molecular weight excluding hydrogens is 216 g/mol. The largest absolute Gasteiger partial charge is 0.350 e. The van der Waals surface area contributed by atoms with E-state index in [-0.39, 0.29) is 18.0 Å². The van der Waals surface area contributed by atoms with E-state index in [4.69, 9.17) is 4.84 Å². The topological polar surface area (TPSA) is 50.4 Å². The Bertz CT molecular complexity index is 398. The number of hydrogen-bond donors (Lipinski definition) is 2. The summed E-state index contributed by atoms with van der Waals surface area (Å²) < 4.78 is 0. The lowest BCUT2D eigenvalue weighted by atomic mass is 10.0. The van der Waals surface area contributed by atoms with Crippen LogP contribution in [0.3, 0.4) is 0 Å². The van der Waals surface area contributed by atoms with Gasteiger partial charge in [-0.05, 0) is 38.0 Å². The molecule has 17 heavy (non-hydrogen) atoms. The fraction of sp³-hybridized carbons (Fsp3) is 0.462. The SMILES string of the molecule is CC(C)NC(=O)c1cccc(C2CCON2)c1. The highest BCUT2D eigenvalue weighted by Crippen LogP contribution is 2.21. The number of hydrogen-bond acceptors (Lipinski definition) is 3. The standard InChI is InChI=1S/C13H18N2O2/c1-9(2)14-13(16)11-5-3-4-10(8-11)12-6-7-17-15-12/h3-5,8-9,12,15H,6-7H2,1-2H3,(H,14,16). The Hall–Kier alpha value is -1.39. The molecule has 1 aliphatic heterocycles. The van der Waals surface area contributed by atoms with Crippen LogP contribution >= 0.6 is 0 Å². The summed E-state index contributed by atoms with van der Waals surface area (Å²) in [5, 5.41) is 2.89. The first-order chi connectivity index (χ1) is 8.16. The zero-order chi connectivity index (χ0) is 12.3. The third kappa shape index (κ3) is 3.05. The molecule has 1 aliphatic rings. The Kier molecular flexibility index (Phi) is 3.76. The maximum absolute atomic E-state index is 11.9. The molecule has 0 aliphatic carbocycles. The Labute approximate surface area is 101 Å². The molecule has 1 unspecified atom stereocenters. The molecule has 1 heterocycles. The highest BCUT2D eigenvalue weighted by atomic mass is 16.7. The van der Waals surface area contributed by atoms with Gasteiger partial charge in [-0.2, -0.15) is 5.48 Å². The third-order valence-corrected chi connectivity index (χ3v) is 2.71. The lowest BCUT2D eigenvalue weighted by molar-refractivity contribution is 0.0881.